The maximum absolute atomic E-state index is 5.33. The Labute approximate surface area is 141 Å². The van der Waals surface area contributed by atoms with Gasteiger partial charge in [0.25, 0.3) is 0 Å². The molecular weight excluding hydrogens is 346 g/mol. The van der Waals surface area contributed by atoms with Crippen LogP contribution in [0.4, 0.5) is 0 Å². The van der Waals surface area contributed by atoms with Crippen LogP contribution >= 0.6 is 27.7 Å². The molecule has 1 saturated carbocycles. The van der Waals surface area contributed by atoms with E-state index in [9.17, 15) is 0 Å². The Morgan fingerprint density at radius 3 is 2.76 bits per heavy atom. The van der Waals surface area contributed by atoms with Gasteiger partial charge in [0.05, 0.1) is 7.11 Å². The van der Waals surface area contributed by atoms with Crippen molar-refractivity contribution in [3.63, 3.8) is 0 Å². The van der Waals surface area contributed by atoms with Crippen molar-refractivity contribution in [2.24, 2.45) is 0 Å². The third-order valence-corrected chi connectivity index (χ3v) is 6.52. The first-order valence-electron chi connectivity index (χ1n) is 7.84. The molecule has 118 valence electrons. The standard InChI is InChI=1S/C17H26BrNOS/c1-19-14(12-21-16-6-4-3-5-7-16)10-13-11-15(20-2)8-9-17(13)18/h8-9,11,14,16,19H,3-7,10,12H2,1-2H3. The summed E-state index contributed by atoms with van der Waals surface area (Å²) in [5.41, 5.74) is 1.32. The lowest BCUT2D eigenvalue weighted by molar-refractivity contribution is 0.414. The maximum Gasteiger partial charge on any atom is 0.119 e. The molecule has 1 aliphatic carbocycles. The summed E-state index contributed by atoms with van der Waals surface area (Å²) in [5.74, 6) is 2.12. The molecule has 2 rings (SSSR count). The van der Waals surface area contributed by atoms with Crippen molar-refractivity contribution in [1.82, 2.24) is 5.32 Å². The fraction of sp³-hybridized carbons (Fsp3) is 0.647. The molecule has 0 saturated heterocycles. The first kappa shape index (κ1) is 17.2. The van der Waals surface area contributed by atoms with Gasteiger partial charge in [0.15, 0.2) is 0 Å². The third kappa shape index (κ3) is 5.50. The van der Waals surface area contributed by atoms with Gasteiger partial charge < -0.3 is 10.1 Å². The SMILES string of the molecule is CNC(CSC1CCCCC1)Cc1cc(OC)ccc1Br. The van der Waals surface area contributed by atoms with E-state index in [1.54, 1.807) is 7.11 Å². The minimum Gasteiger partial charge on any atom is -0.497 e. The van der Waals surface area contributed by atoms with Gasteiger partial charge in [-0.25, -0.2) is 0 Å². The van der Waals surface area contributed by atoms with Crippen LogP contribution in [-0.2, 0) is 6.42 Å². The summed E-state index contributed by atoms with van der Waals surface area (Å²) in [6.45, 7) is 0. The van der Waals surface area contributed by atoms with Crippen molar-refractivity contribution in [2.75, 3.05) is 19.9 Å². The Hall–Kier alpha value is -0.190. The van der Waals surface area contributed by atoms with Gasteiger partial charge in [-0.05, 0) is 50.1 Å². The number of nitrogens with one attached hydrogen (secondary N) is 1. The van der Waals surface area contributed by atoms with Crippen LogP contribution < -0.4 is 10.1 Å². The van der Waals surface area contributed by atoms with Gasteiger partial charge >= 0.3 is 0 Å². The Morgan fingerprint density at radius 1 is 1.33 bits per heavy atom. The van der Waals surface area contributed by atoms with E-state index in [0.717, 1.165) is 17.4 Å². The van der Waals surface area contributed by atoms with Gasteiger partial charge in [-0.3, -0.25) is 0 Å². The fourth-order valence-corrected chi connectivity index (χ4v) is 4.69. The van der Waals surface area contributed by atoms with Crippen LogP contribution in [0.3, 0.4) is 0 Å². The molecule has 1 atom stereocenters. The highest BCUT2D eigenvalue weighted by Crippen LogP contribution is 2.30. The van der Waals surface area contributed by atoms with E-state index in [1.165, 1.54) is 47.9 Å². The van der Waals surface area contributed by atoms with Gasteiger partial charge in [-0.1, -0.05) is 35.2 Å². The van der Waals surface area contributed by atoms with Crippen molar-refractivity contribution >= 4 is 27.7 Å². The van der Waals surface area contributed by atoms with E-state index in [1.807, 2.05) is 6.07 Å². The highest BCUT2D eigenvalue weighted by atomic mass is 79.9. The number of ether oxygens (including phenoxy) is 1. The van der Waals surface area contributed by atoms with Crippen LogP contribution in [0.25, 0.3) is 0 Å². The second kappa shape index (κ2) is 9.06. The molecular formula is C17H26BrNOS. The van der Waals surface area contributed by atoms with Crippen molar-refractivity contribution in [2.45, 2.75) is 49.8 Å². The van der Waals surface area contributed by atoms with Crippen LogP contribution in [0.2, 0.25) is 0 Å². The van der Waals surface area contributed by atoms with Crippen molar-refractivity contribution in [3.05, 3.63) is 28.2 Å². The van der Waals surface area contributed by atoms with Crippen LogP contribution in [0.15, 0.2) is 22.7 Å². The first-order chi connectivity index (χ1) is 10.2. The lowest BCUT2D eigenvalue weighted by atomic mass is 10.0. The van der Waals surface area contributed by atoms with E-state index >= 15 is 0 Å². The molecule has 0 aromatic heterocycles. The lowest BCUT2D eigenvalue weighted by Gasteiger charge is -2.24. The molecule has 21 heavy (non-hydrogen) atoms. The summed E-state index contributed by atoms with van der Waals surface area (Å²) in [4.78, 5) is 0. The molecule has 1 aromatic rings. The normalized spacial score (nSPS) is 17.7. The third-order valence-electron chi connectivity index (χ3n) is 4.21. The smallest absolute Gasteiger partial charge is 0.119 e. The summed E-state index contributed by atoms with van der Waals surface area (Å²) in [6.07, 6.45) is 8.12. The molecule has 1 fully saturated rings. The van der Waals surface area contributed by atoms with Gasteiger partial charge in [0.1, 0.15) is 5.75 Å². The van der Waals surface area contributed by atoms with E-state index < -0.39 is 0 Å². The second-order valence-corrected chi connectivity index (χ2v) is 7.93. The lowest BCUT2D eigenvalue weighted by Crippen LogP contribution is -2.31. The summed E-state index contributed by atoms with van der Waals surface area (Å²) < 4.78 is 6.51. The molecule has 0 bridgehead atoms. The van der Waals surface area contributed by atoms with E-state index in [-0.39, 0.29) is 0 Å². The molecule has 2 nitrogen and oxygen atoms in total. The zero-order chi connectivity index (χ0) is 15.1. The Bertz CT molecular complexity index is 435. The number of likely N-dealkylation sites (N-methyl/N-ethyl adjacent to an activating group) is 1. The molecule has 0 heterocycles. The van der Waals surface area contributed by atoms with Crippen molar-refractivity contribution < 1.29 is 4.74 Å². The zero-order valence-electron chi connectivity index (χ0n) is 13.0. The van der Waals surface area contributed by atoms with E-state index in [4.69, 9.17) is 4.74 Å². The second-order valence-electron chi connectivity index (χ2n) is 5.74. The highest BCUT2D eigenvalue weighted by Gasteiger charge is 2.17. The van der Waals surface area contributed by atoms with E-state index in [0.29, 0.717) is 6.04 Å². The number of halogens is 1. The largest absolute Gasteiger partial charge is 0.497 e. The number of benzene rings is 1. The Balaban J connectivity index is 1.89. The Kier molecular flexibility index (Phi) is 7.41. The fourth-order valence-electron chi connectivity index (χ4n) is 2.83. The zero-order valence-corrected chi connectivity index (χ0v) is 15.4. The molecule has 4 heteroatoms. The molecule has 0 radical (unpaired) electrons. The van der Waals surface area contributed by atoms with Gasteiger partial charge in [0, 0.05) is 21.5 Å². The van der Waals surface area contributed by atoms with Gasteiger partial charge in [-0.2, -0.15) is 11.8 Å². The van der Waals surface area contributed by atoms with Crippen LogP contribution in [0.5, 0.6) is 5.75 Å². The molecule has 1 N–H and O–H groups in total. The summed E-state index contributed by atoms with van der Waals surface area (Å²) in [5, 5.41) is 4.35. The number of hydrogen-bond donors (Lipinski definition) is 1. The molecule has 1 unspecified atom stereocenters. The quantitative estimate of drug-likeness (QED) is 0.753. The molecule has 0 spiro atoms. The molecule has 1 aromatic carbocycles. The van der Waals surface area contributed by atoms with Crippen molar-refractivity contribution in [1.29, 1.82) is 0 Å². The Morgan fingerprint density at radius 2 is 2.10 bits per heavy atom. The van der Waals surface area contributed by atoms with Gasteiger partial charge in [0.2, 0.25) is 0 Å². The summed E-state index contributed by atoms with van der Waals surface area (Å²) in [7, 11) is 3.79. The average Bonchev–Trinajstić information content (AvgIpc) is 2.54. The topological polar surface area (TPSA) is 21.3 Å². The number of methoxy groups -OCH3 is 1. The molecule has 1 aliphatic rings. The summed E-state index contributed by atoms with van der Waals surface area (Å²) in [6, 6.07) is 6.73. The molecule has 0 aliphatic heterocycles. The monoisotopic (exact) mass is 371 g/mol. The van der Waals surface area contributed by atoms with E-state index in [2.05, 4.69) is 52.2 Å². The first-order valence-corrected chi connectivity index (χ1v) is 9.68. The van der Waals surface area contributed by atoms with Crippen LogP contribution in [0, 0.1) is 0 Å². The predicted molar refractivity (Wildman–Crippen MR) is 96.6 cm³/mol. The average molecular weight is 372 g/mol. The number of thioether (sulfide) groups is 1. The molecule has 0 amide bonds. The van der Waals surface area contributed by atoms with Crippen LogP contribution in [-0.4, -0.2) is 31.2 Å². The summed E-state index contributed by atoms with van der Waals surface area (Å²) >= 11 is 5.81. The predicted octanol–water partition coefficient (Wildman–Crippen LogP) is 4.65. The highest BCUT2D eigenvalue weighted by molar-refractivity contribution is 9.10. The number of hydrogen-bond acceptors (Lipinski definition) is 3. The minimum atomic E-state index is 0.514. The van der Waals surface area contributed by atoms with Crippen LogP contribution in [0.1, 0.15) is 37.7 Å². The van der Waals surface area contributed by atoms with Crippen molar-refractivity contribution in [3.8, 4) is 5.75 Å². The maximum atomic E-state index is 5.33. The van der Waals surface area contributed by atoms with Gasteiger partial charge in [-0.15, -0.1) is 0 Å². The minimum absolute atomic E-state index is 0.514. The number of rotatable bonds is 7.